The molecule has 0 saturated carbocycles. The number of aliphatic hydroxyl groups excluding tert-OH is 2. The van der Waals surface area contributed by atoms with Gasteiger partial charge in [-0.05, 0) is 83.5 Å². The van der Waals surface area contributed by atoms with E-state index >= 15 is 0 Å². The molecule has 1 amide bonds. The van der Waals surface area contributed by atoms with Crippen molar-refractivity contribution in [3.8, 4) is 0 Å². The minimum atomic E-state index is -0.853. The number of esters is 1. The Labute approximate surface area is 347 Å². The number of amides is 1. The van der Waals surface area contributed by atoms with Gasteiger partial charge in [-0.2, -0.15) is 0 Å². The van der Waals surface area contributed by atoms with Gasteiger partial charge in [0.1, 0.15) is 0 Å². The van der Waals surface area contributed by atoms with Crippen LogP contribution < -0.4 is 5.32 Å². The molecule has 0 aliphatic heterocycles. The molecule has 0 spiro atoms. The van der Waals surface area contributed by atoms with Crippen LogP contribution in [0.5, 0.6) is 0 Å². The van der Waals surface area contributed by atoms with Crippen LogP contribution in [-0.2, 0) is 14.3 Å². The molecule has 2 unspecified atom stereocenters. The third-order valence-electron chi connectivity index (χ3n) is 10.9. The maximum Gasteiger partial charge on any atom is 0.305 e. The lowest BCUT2D eigenvalue weighted by molar-refractivity contribution is -0.143. The van der Waals surface area contributed by atoms with Crippen LogP contribution in [0.2, 0.25) is 0 Å². The molecule has 0 rings (SSSR count). The predicted molar refractivity (Wildman–Crippen MR) is 241 cm³/mol. The van der Waals surface area contributed by atoms with E-state index in [0.29, 0.717) is 19.4 Å². The van der Waals surface area contributed by atoms with E-state index in [1.807, 2.05) is 6.08 Å². The molecule has 0 aromatic heterocycles. The normalized spacial score (nSPS) is 13.0. The average Bonchev–Trinajstić information content (AvgIpc) is 3.20. The van der Waals surface area contributed by atoms with E-state index < -0.39 is 12.1 Å². The maximum atomic E-state index is 12.4. The number of nitrogens with one attached hydrogen (secondary N) is 1. The number of carbonyl (C=O) groups is 2. The van der Waals surface area contributed by atoms with Crippen LogP contribution in [0.4, 0.5) is 0 Å². The standard InChI is InChI=1S/C50H93NO5/c1-3-5-7-9-11-13-15-22-26-30-34-38-42-48(53)47(46-52)51-49(54)43-39-35-31-27-23-20-18-17-19-21-25-29-33-37-41-45-56-50(55)44-40-36-32-28-24-16-14-12-10-8-6-4-2/h12,14,19,21,38,42,47-48,52-53H,3-11,13,15-18,20,22-37,39-41,43-46H2,1-2H3,(H,51,54)/b14-12-,21-19-,42-38+. The Bertz CT molecular complexity index is 915. The minimum Gasteiger partial charge on any atom is -0.466 e. The first-order valence-corrected chi connectivity index (χ1v) is 24.3. The third kappa shape index (κ3) is 41.7. The number of hydrogen-bond donors (Lipinski definition) is 3. The number of hydrogen-bond acceptors (Lipinski definition) is 5. The molecule has 56 heavy (non-hydrogen) atoms. The number of rotatable bonds is 44. The third-order valence-corrected chi connectivity index (χ3v) is 10.9. The van der Waals surface area contributed by atoms with Crippen LogP contribution in [-0.4, -0.2) is 47.4 Å². The molecule has 0 heterocycles. The molecule has 2 atom stereocenters. The van der Waals surface area contributed by atoms with E-state index in [1.165, 1.54) is 148 Å². The first kappa shape index (κ1) is 54.1. The summed E-state index contributed by atoms with van der Waals surface area (Å²) in [7, 11) is 0. The van der Waals surface area contributed by atoms with Crippen molar-refractivity contribution in [2.24, 2.45) is 0 Å². The molecular weight excluding hydrogens is 695 g/mol. The molecule has 328 valence electrons. The monoisotopic (exact) mass is 788 g/mol. The van der Waals surface area contributed by atoms with E-state index in [4.69, 9.17) is 4.74 Å². The second kappa shape index (κ2) is 45.8. The molecule has 0 aliphatic rings. The van der Waals surface area contributed by atoms with Gasteiger partial charge >= 0.3 is 5.97 Å². The number of ether oxygens (including phenoxy) is 1. The second-order valence-corrected chi connectivity index (χ2v) is 16.4. The predicted octanol–water partition coefficient (Wildman–Crippen LogP) is 14.1. The van der Waals surface area contributed by atoms with Crippen molar-refractivity contribution in [1.29, 1.82) is 0 Å². The molecule has 0 bridgehead atoms. The number of allylic oxidation sites excluding steroid dienone is 5. The van der Waals surface area contributed by atoms with Crippen molar-refractivity contribution in [2.45, 2.75) is 257 Å². The quantitative estimate of drug-likeness (QED) is 0.0325. The Balaban J connectivity index is 3.52. The smallest absolute Gasteiger partial charge is 0.305 e. The zero-order chi connectivity index (χ0) is 40.8. The summed E-state index contributed by atoms with van der Waals surface area (Å²) >= 11 is 0. The second-order valence-electron chi connectivity index (χ2n) is 16.4. The molecule has 3 N–H and O–H groups in total. The first-order valence-electron chi connectivity index (χ1n) is 24.3. The molecule has 0 radical (unpaired) electrons. The fourth-order valence-corrected chi connectivity index (χ4v) is 7.09. The topological polar surface area (TPSA) is 95.9 Å². The van der Waals surface area contributed by atoms with Crippen LogP contribution in [0, 0.1) is 0 Å². The molecule has 6 nitrogen and oxygen atoms in total. The fourth-order valence-electron chi connectivity index (χ4n) is 7.09. The lowest BCUT2D eigenvalue weighted by Crippen LogP contribution is -2.45. The van der Waals surface area contributed by atoms with Crippen LogP contribution in [0.3, 0.4) is 0 Å². The Kier molecular flexibility index (Phi) is 44.2. The van der Waals surface area contributed by atoms with Crippen molar-refractivity contribution in [3.63, 3.8) is 0 Å². The number of carbonyl (C=O) groups excluding carboxylic acids is 2. The van der Waals surface area contributed by atoms with Gasteiger partial charge in [0.2, 0.25) is 5.91 Å². The highest BCUT2D eigenvalue weighted by Gasteiger charge is 2.18. The molecule has 0 aromatic rings. The van der Waals surface area contributed by atoms with Gasteiger partial charge in [-0.15, -0.1) is 0 Å². The lowest BCUT2D eigenvalue weighted by Gasteiger charge is -2.20. The van der Waals surface area contributed by atoms with Gasteiger partial charge in [0.15, 0.2) is 0 Å². The summed E-state index contributed by atoms with van der Waals surface area (Å²) in [6.45, 7) is 4.82. The van der Waals surface area contributed by atoms with E-state index in [-0.39, 0.29) is 18.5 Å². The summed E-state index contributed by atoms with van der Waals surface area (Å²) in [6, 6.07) is -0.638. The lowest BCUT2D eigenvalue weighted by atomic mass is 10.1. The summed E-state index contributed by atoms with van der Waals surface area (Å²) in [5.74, 6) is -0.108. The molecule has 0 aromatic carbocycles. The van der Waals surface area contributed by atoms with E-state index in [9.17, 15) is 19.8 Å². The molecule has 0 saturated heterocycles. The Hall–Kier alpha value is -1.92. The number of unbranched alkanes of at least 4 members (excludes halogenated alkanes) is 29. The summed E-state index contributed by atoms with van der Waals surface area (Å²) in [6.07, 6.45) is 54.2. The van der Waals surface area contributed by atoms with Gasteiger partial charge < -0.3 is 20.3 Å². The SMILES string of the molecule is CCCCC/C=C\CCCCCCCC(=O)OCCCCCC/C=C\CCCCCCCCCC(=O)NC(CO)C(O)/C=C/CCCCCCCCCCCC. The first-order chi connectivity index (χ1) is 27.5. The molecule has 0 aliphatic carbocycles. The van der Waals surface area contributed by atoms with Crippen molar-refractivity contribution < 1.29 is 24.5 Å². The van der Waals surface area contributed by atoms with Crippen molar-refractivity contribution in [2.75, 3.05) is 13.2 Å². The summed E-state index contributed by atoms with van der Waals surface area (Å²) in [5.41, 5.74) is 0. The van der Waals surface area contributed by atoms with Crippen molar-refractivity contribution >= 4 is 11.9 Å². The zero-order valence-corrected chi connectivity index (χ0v) is 37.1. The summed E-state index contributed by atoms with van der Waals surface area (Å²) in [5, 5.41) is 23.0. The van der Waals surface area contributed by atoms with Crippen LogP contribution in [0.1, 0.15) is 245 Å². The van der Waals surface area contributed by atoms with Crippen LogP contribution in [0.15, 0.2) is 36.5 Å². The van der Waals surface area contributed by atoms with E-state index in [2.05, 4.69) is 43.5 Å². The van der Waals surface area contributed by atoms with Gasteiger partial charge in [0, 0.05) is 12.8 Å². The Morgan fingerprint density at radius 1 is 0.482 bits per heavy atom. The average molecular weight is 788 g/mol. The van der Waals surface area contributed by atoms with Crippen molar-refractivity contribution in [3.05, 3.63) is 36.5 Å². The van der Waals surface area contributed by atoms with Gasteiger partial charge in [0.05, 0.1) is 25.4 Å². The molecular formula is C50H93NO5. The highest BCUT2D eigenvalue weighted by molar-refractivity contribution is 5.76. The highest BCUT2D eigenvalue weighted by atomic mass is 16.5. The van der Waals surface area contributed by atoms with Crippen LogP contribution >= 0.6 is 0 Å². The van der Waals surface area contributed by atoms with Gasteiger partial charge in [-0.1, -0.05) is 185 Å². The largest absolute Gasteiger partial charge is 0.466 e. The van der Waals surface area contributed by atoms with E-state index in [0.717, 1.165) is 70.6 Å². The highest BCUT2D eigenvalue weighted by Crippen LogP contribution is 2.14. The Morgan fingerprint density at radius 2 is 0.839 bits per heavy atom. The van der Waals surface area contributed by atoms with Crippen LogP contribution in [0.25, 0.3) is 0 Å². The Morgan fingerprint density at radius 3 is 1.30 bits per heavy atom. The van der Waals surface area contributed by atoms with Gasteiger partial charge in [0.25, 0.3) is 0 Å². The number of aliphatic hydroxyl groups is 2. The van der Waals surface area contributed by atoms with Gasteiger partial charge in [-0.3, -0.25) is 9.59 Å². The molecule has 0 fully saturated rings. The summed E-state index contributed by atoms with van der Waals surface area (Å²) in [4.78, 5) is 24.4. The maximum absolute atomic E-state index is 12.4. The molecule has 6 heteroatoms. The van der Waals surface area contributed by atoms with E-state index in [1.54, 1.807) is 6.08 Å². The van der Waals surface area contributed by atoms with Crippen molar-refractivity contribution in [1.82, 2.24) is 5.32 Å². The zero-order valence-electron chi connectivity index (χ0n) is 37.1. The van der Waals surface area contributed by atoms with Gasteiger partial charge in [-0.25, -0.2) is 0 Å². The summed E-state index contributed by atoms with van der Waals surface area (Å²) < 4.78 is 5.43. The minimum absolute atomic E-state index is 0.0223. The fraction of sp³-hybridized carbons (Fsp3) is 0.840.